The van der Waals surface area contributed by atoms with Gasteiger partial charge in [-0.3, -0.25) is 9.88 Å². The van der Waals surface area contributed by atoms with E-state index in [1.807, 2.05) is 18.5 Å². The summed E-state index contributed by atoms with van der Waals surface area (Å²) in [6.07, 6.45) is 5.45. The fraction of sp³-hybridized carbons (Fsp3) is 0.471. The lowest BCUT2D eigenvalue weighted by atomic mass is 10.1. The number of nitrogens with zero attached hydrogens (tertiary/aromatic N) is 5. The SMILES string of the molecule is COc1cc(N2C[C@@H]3OCCN(Cc4ccncc4)[C@@H]3C2)ncn1. The molecule has 2 saturated heterocycles. The minimum atomic E-state index is 0.210. The van der Waals surface area contributed by atoms with Gasteiger partial charge in [0.2, 0.25) is 5.88 Å². The first-order valence-corrected chi connectivity index (χ1v) is 8.19. The standard InChI is InChI=1S/C17H21N5O2/c1-23-17-8-16(19-12-20-17)22-10-14-15(11-22)24-7-6-21(14)9-13-2-4-18-5-3-13/h2-5,8,12,14-15H,6-7,9-11H2,1H3/t14-,15+/m1/s1. The molecule has 0 radical (unpaired) electrons. The zero-order valence-corrected chi connectivity index (χ0v) is 13.7. The largest absolute Gasteiger partial charge is 0.481 e. The molecule has 24 heavy (non-hydrogen) atoms. The van der Waals surface area contributed by atoms with Crippen LogP contribution in [0.2, 0.25) is 0 Å². The Kier molecular flexibility index (Phi) is 4.27. The quantitative estimate of drug-likeness (QED) is 0.829. The van der Waals surface area contributed by atoms with E-state index in [9.17, 15) is 0 Å². The molecule has 2 aliphatic rings. The highest BCUT2D eigenvalue weighted by atomic mass is 16.5. The maximum Gasteiger partial charge on any atom is 0.218 e. The third-order valence-electron chi connectivity index (χ3n) is 4.71. The molecular formula is C17H21N5O2. The summed E-state index contributed by atoms with van der Waals surface area (Å²) in [6.45, 7) is 4.39. The van der Waals surface area contributed by atoms with Crippen molar-refractivity contribution in [3.63, 3.8) is 0 Å². The van der Waals surface area contributed by atoms with Crippen LogP contribution in [0.4, 0.5) is 5.82 Å². The van der Waals surface area contributed by atoms with Crippen molar-refractivity contribution in [3.05, 3.63) is 42.5 Å². The lowest BCUT2D eigenvalue weighted by Crippen LogP contribution is -2.50. The maximum absolute atomic E-state index is 6.01. The summed E-state index contributed by atoms with van der Waals surface area (Å²) >= 11 is 0. The van der Waals surface area contributed by atoms with E-state index in [0.717, 1.165) is 38.6 Å². The van der Waals surface area contributed by atoms with E-state index in [2.05, 4.69) is 36.9 Å². The molecule has 2 fully saturated rings. The molecule has 0 unspecified atom stereocenters. The predicted octanol–water partition coefficient (Wildman–Crippen LogP) is 0.970. The van der Waals surface area contributed by atoms with Crippen molar-refractivity contribution in [1.82, 2.24) is 19.9 Å². The molecule has 0 N–H and O–H groups in total. The van der Waals surface area contributed by atoms with Gasteiger partial charge in [-0.05, 0) is 17.7 Å². The number of aromatic nitrogens is 3. The minimum absolute atomic E-state index is 0.210. The Hall–Kier alpha value is -2.25. The van der Waals surface area contributed by atoms with Crippen molar-refractivity contribution < 1.29 is 9.47 Å². The monoisotopic (exact) mass is 327 g/mol. The number of pyridine rings is 1. The maximum atomic E-state index is 6.01. The van der Waals surface area contributed by atoms with Crippen LogP contribution < -0.4 is 9.64 Å². The molecule has 0 bridgehead atoms. The Balaban J connectivity index is 1.49. The normalized spacial score (nSPS) is 24.0. The molecule has 2 aromatic rings. The van der Waals surface area contributed by atoms with Crippen molar-refractivity contribution in [1.29, 1.82) is 0 Å². The highest BCUT2D eigenvalue weighted by Crippen LogP contribution is 2.28. The van der Waals surface area contributed by atoms with Gasteiger partial charge in [0.1, 0.15) is 12.1 Å². The Morgan fingerprint density at radius 1 is 1.25 bits per heavy atom. The number of methoxy groups -OCH3 is 1. The Labute approximate surface area is 141 Å². The molecule has 2 aromatic heterocycles. The second-order valence-electron chi connectivity index (χ2n) is 6.13. The van der Waals surface area contributed by atoms with Gasteiger partial charge >= 0.3 is 0 Å². The predicted molar refractivity (Wildman–Crippen MR) is 89.0 cm³/mol. The topological polar surface area (TPSA) is 63.6 Å². The molecule has 0 aliphatic carbocycles. The number of fused-ring (bicyclic) bond motifs is 1. The molecule has 7 heteroatoms. The second kappa shape index (κ2) is 6.70. The van der Waals surface area contributed by atoms with E-state index < -0.39 is 0 Å². The summed E-state index contributed by atoms with van der Waals surface area (Å²) in [5, 5.41) is 0. The Bertz CT molecular complexity index is 684. The van der Waals surface area contributed by atoms with E-state index in [1.54, 1.807) is 13.4 Å². The fourth-order valence-corrected chi connectivity index (χ4v) is 3.48. The fourth-order valence-electron chi connectivity index (χ4n) is 3.48. The molecule has 4 heterocycles. The average molecular weight is 327 g/mol. The molecule has 0 aromatic carbocycles. The van der Waals surface area contributed by atoms with Crippen LogP contribution in [0.25, 0.3) is 0 Å². The summed E-state index contributed by atoms with van der Waals surface area (Å²) in [6, 6.07) is 6.40. The van der Waals surface area contributed by atoms with E-state index >= 15 is 0 Å². The highest BCUT2D eigenvalue weighted by Gasteiger charge is 2.40. The van der Waals surface area contributed by atoms with Crippen LogP contribution in [0, 0.1) is 0 Å². The van der Waals surface area contributed by atoms with Crippen LogP contribution in [0.15, 0.2) is 36.9 Å². The first kappa shape index (κ1) is 15.3. The van der Waals surface area contributed by atoms with Crippen molar-refractivity contribution in [2.75, 3.05) is 38.3 Å². The summed E-state index contributed by atoms with van der Waals surface area (Å²) in [5.41, 5.74) is 1.29. The number of rotatable bonds is 4. The van der Waals surface area contributed by atoms with Gasteiger partial charge in [-0.1, -0.05) is 0 Å². The van der Waals surface area contributed by atoms with Gasteiger partial charge in [0.25, 0.3) is 0 Å². The number of hydrogen-bond acceptors (Lipinski definition) is 7. The summed E-state index contributed by atoms with van der Waals surface area (Å²) in [4.78, 5) is 17.3. The van der Waals surface area contributed by atoms with Gasteiger partial charge < -0.3 is 14.4 Å². The number of anilines is 1. The highest BCUT2D eigenvalue weighted by molar-refractivity contribution is 5.43. The third-order valence-corrected chi connectivity index (χ3v) is 4.71. The molecule has 0 amide bonds. The summed E-state index contributed by atoms with van der Waals surface area (Å²) < 4.78 is 11.2. The van der Waals surface area contributed by atoms with Gasteiger partial charge in [0.15, 0.2) is 0 Å². The van der Waals surface area contributed by atoms with E-state index in [-0.39, 0.29) is 6.10 Å². The van der Waals surface area contributed by atoms with Gasteiger partial charge in [-0.2, -0.15) is 0 Å². The lowest BCUT2D eigenvalue weighted by Gasteiger charge is -2.36. The molecule has 7 nitrogen and oxygen atoms in total. The van der Waals surface area contributed by atoms with Crippen LogP contribution in [0.1, 0.15) is 5.56 Å². The van der Waals surface area contributed by atoms with E-state index in [4.69, 9.17) is 9.47 Å². The summed E-state index contributed by atoms with van der Waals surface area (Å²) in [5.74, 6) is 1.48. The molecule has 0 saturated carbocycles. The zero-order valence-electron chi connectivity index (χ0n) is 13.7. The van der Waals surface area contributed by atoms with Gasteiger partial charge in [0, 0.05) is 44.6 Å². The van der Waals surface area contributed by atoms with Crippen molar-refractivity contribution in [2.45, 2.75) is 18.7 Å². The first-order chi connectivity index (χ1) is 11.8. The average Bonchev–Trinajstić information content (AvgIpc) is 3.08. The van der Waals surface area contributed by atoms with Crippen LogP contribution in [0.3, 0.4) is 0 Å². The Morgan fingerprint density at radius 3 is 2.96 bits per heavy atom. The van der Waals surface area contributed by atoms with Crippen molar-refractivity contribution in [3.8, 4) is 5.88 Å². The van der Waals surface area contributed by atoms with Crippen molar-refractivity contribution >= 4 is 5.82 Å². The van der Waals surface area contributed by atoms with Gasteiger partial charge in [-0.25, -0.2) is 9.97 Å². The number of ether oxygens (including phenoxy) is 2. The molecule has 126 valence electrons. The molecule has 4 rings (SSSR count). The molecule has 2 atom stereocenters. The Morgan fingerprint density at radius 2 is 2.12 bits per heavy atom. The van der Waals surface area contributed by atoms with Crippen LogP contribution in [-0.2, 0) is 11.3 Å². The van der Waals surface area contributed by atoms with E-state index in [0.29, 0.717) is 11.9 Å². The molecule has 2 aliphatic heterocycles. The lowest BCUT2D eigenvalue weighted by molar-refractivity contribution is -0.0499. The van der Waals surface area contributed by atoms with Crippen LogP contribution >= 0.6 is 0 Å². The number of hydrogen-bond donors (Lipinski definition) is 0. The van der Waals surface area contributed by atoms with Gasteiger partial charge in [-0.15, -0.1) is 0 Å². The minimum Gasteiger partial charge on any atom is -0.481 e. The van der Waals surface area contributed by atoms with E-state index in [1.165, 1.54) is 5.56 Å². The van der Waals surface area contributed by atoms with Gasteiger partial charge in [0.05, 0.1) is 25.9 Å². The second-order valence-corrected chi connectivity index (χ2v) is 6.13. The third kappa shape index (κ3) is 3.05. The first-order valence-electron chi connectivity index (χ1n) is 8.19. The molecule has 0 spiro atoms. The smallest absolute Gasteiger partial charge is 0.218 e. The van der Waals surface area contributed by atoms with Crippen LogP contribution in [0.5, 0.6) is 5.88 Å². The summed E-state index contributed by atoms with van der Waals surface area (Å²) in [7, 11) is 1.62. The molecular weight excluding hydrogens is 306 g/mol. The van der Waals surface area contributed by atoms with Crippen molar-refractivity contribution in [2.24, 2.45) is 0 Å². The van der Waals surface area contributed by atoms with Crippen LogP contribution in [-0.4, -0.2) is 65.3 Å². The number of morpholine rings is 1. The zero-order chi connectivity index (χ0) is 16.4.